The molecule has 3 rings (SSSR count). The number of hydrogen-bond acceptors (Lipinski definition) is 6. The van der Waals surface area contributed by atoms with Gasteiger partial charge >= 0.3 is 0 Å². The van der Waals surface area contributed by atoms with Crippen molar-refractivity contribution in [2.45, 2.75) is 6.92 Å². The van der Waals surface area contributed by atoms with Crippen molar-refractivity contribution >= 4 is 39.1 Å². The molecule has 0 aliphatic rings. The first-order chi connectivity index (χ1) is 11.6. The predicted octanol–water partition coefficient (Wildman–Crippen LogP) is 4.44. The van der Waals surface area contributed by atoms with E-state index in [0.717, 1.165) is 27.2 Å². The Morgan fingerprint density at radius 2 is 1.75 bits per heavy atom. The van der Waals surface area contributed by atoms with Crippen LogP contribution in [0.5, 0.6) is 5.75 Å². The van der Waals surface area contributed by atoms with Gasteiger partial charge in [-0.1, -0.05) is 15.9 Å². The topological polar surface area (TPSA) is 72.0 Å². The number of aromatic nitrogens is 3. The molecule has 0 fully saturated rings. The van der Waals surface area contributed by atoms with E-state index in [2.05, 4.69) is 41.7 Å². The van der Waals surface area contributed by atoms with Gasteiger partial charge in [-0.3, -0.25) is 0 Å². The molecule has 7 heteroatoms. The van der Waals surface area contributed by atoms with E-state index in [9.17, 15) is 0 Å². The van der Waals surface area contributed by atoms with Crippen LogP contribution in [0.25, 0.3) is 0 Å². The molecule has 0 aliphatic heterocycles. The molecule has 0 unspecified atom stereocenters. The average molecular weight is 386 g/mol. The van der Waals surface area contributed by atoms with Gasteiger partial charge in [0.25, 0.3) is 0 Å². The highest BCUT2D eigenvalue weighted by atomic mass is 79.9. The molecule has 0 saturated carbocycles. The van der Waals surface area contributed by atoms with Crippen LogP contribution in [0.2, 0.25) is 0 Å². The van der Waals surface area contributed by atoms with Crippen molar-refractivity contribution in [2.75, 3.05) is 17.7 Å². The van der Waals surface area contributed by atoms with Crippen LogP contribution in [0.4, 0.5) is 23.1 Å². The van der Waals surface area contributed by atoms with E-state index in [1.54, 1.807) is 13.3 Å². The molecule has 6 nitrogen and oxygen atoms in total. The number of aryl methyl sites for hydroxylation is 1. The zero-order chi connectivity index (χ0) is 16.9. The van der Waals surface area contributed by atoms with Crippen LogP contribution in [-0.4, -0.2) is 22.3 Å². The van der Waals surface area contributed by atoms with Gasteiger partial charge in [0.1, 0.15) is 5.75 Å². The monoisotopic (exact) mass is 385 g/mol. The number of ether oxygens (including phenoxy) is 1. The Labute approximate surface area is 148 Å². The number of nitrogens with zero attached hydrogens (tertiary/aromatic N) is 3. The van der Waals surface area contributed by atoms with E-state index in [-0.39, 0.29) is 0 Å². The van der Waals surface area contributed by atoms with Crippen molar-refractivity contribution in [2.24, 2.45) is 0 Å². The van der Waals surface area contributed by atoms with Crippen molar-refractivity contribution in [1.29, 1.82) is 0 Å². The molecule has 24 heavy (non-hydrogen) atoms. The largest absolute Gasteiger partial charge is 0.497 e. The molecule has 0 spiro atoms. The van der Waals surface area contributed by atoms with Crippen molar-refractivity contribution in [1.82, 2.24) is 15.2 Å². The first-order valence-corrected chi connectivity index (χ1v) is 8.07. The van der Waals surface area contributed by atoms with Gasteiger partial charge in [-0.2, -0.15) is 10.1 Å². The Hall–Kier alpha value is -2.67. The summed E-state index contributed by atoms with van der Waals surface area (Å²) < 4.78 is 6.20. The number of methoxy groups -OCH3 is 1. The summed E-state index contributed by atoms with van der Waals surface area (Å²) in [5.41, 5.74) is 2.92. The smallest absolute Gasteiger partial charge is 0.249 e. The van der Waals surface area contributed by atoms with E-state index in [0.29, 0.717) is 11.8 Å². The van der Waals surface area contributed by atoms with Crippen LogP contribution >= 0.6 is 15.9 Å². The molecule has 0 radical (unpaired) electrons. The fraction of sp³-hybridized carbons (Fsp3) is 0.118. The van der Waals surface area contributed by atoms with Crippen molar-refractivity contribution in [3.8, 4) is 5.75 Å². The molecule has 1 aromatic heterocycles. The lowest BCUT2D eigenvalue weighted by Crippen LogP contribution is -2.02. The molecular formula is C17H16BrN5O. The number of nitrogens with one attached hydrogen (secondary N) is 2. The second kappa shape index (κ2) is 7.27. The third-order valence-electron chi connectivity index (χ3n) is 3.34. The van der Waals surface area contributed by atoms with Gasteiger partial charge in [0.2, 0.25) is 5.95 Å². The summed E-state index contributed by atoms with van der Waals surface area (Å²) in [6, 6.07) is 13.5. The minimum atomic E-state index is 0.426. The lowest BCUT2D eigenvalue weighted by molar-refractivity contribution is 0.415. The lowest BCUT2D eigenvalue weighted by Gasteiger charge is -2.09. The fourth-order valence-electron chi connectivity index (χ4n) is 2.09. The summed E-state index contributed by atoms with van der Waals surface area (Å²) in [6.45, 7) is 2.02. The third kappa shape index (κ3) is 3.99. The Kier molecular flexibility index (Phi) is 4.90. The van der Waals surface area contributed by atoms with Gasteiger partial charge in [-0.05, 0) is 55.0 Å². The molecule has 0 saturated heterocycles. The molecule has 3 aromatic rings. The molecule has 0 bridgehead atoms. The second-order valence-electron chi connectivity index (χ2n) is 5.11. The maximum absolute atomic E-state index is 5.14. The highest BCUT2D eigenvalue weighted by Crippen LogP contribution is 2.22. The van der Waals surface area contributed by atoms with Crippen LogP contribution < -0.4 is 15.4 Å². The minimum Gasteiger partial charge on any atom is -0.497 e. The maximum Gasteiger partial charge on any atom is 0.249 e. The standard InChI is InChI=1S/C17H16BrN5O/c1-11-9-13(5-8-15(11)18)21-17-22-16(10-19-23-17)20-12-3-6-14(24-2)7-4-12/h3-10H,1-2H3,(H2,20,21,22,23). The minimum absolute atomic E-state index is 0.426. The predicted molar refractivity (Wildman–Crippen MR) is 98.3 cm³/mol. The molecule has 0 aliphatic carbocycles. The molecule has 2 aromatic carbocycles. The molecule has 122 valence electrons. The van der Waals surface area contributed by atoms with Crippen molar-refractivity contribution in [3.63, 3.8) is 0 Å². The first-order valence-electron chi connectivity index (χ1n) is 7.28. The van der Waals surface area contributed by atoms with E-state index < -0.39 is 0 Å². The van der Waals surface area contributed by atoms with E-state index in [4.69, 9.17) is 4.74 Å². The molecule has 1 heterocycles. The fourth-order valence-corrected chi connectivity index (χ4v) is 2.34. The summed E-state index contributed by atoms with van der Waals surface area (Å²) in [4.78, 5) is 4.42. The van der Waals surface area contributed by atoms with E-state index >= 15 is 0 Å². The number of anilines is 4. The number of benzene rings is 2. The SMILES string of the molecule is COc1ccc(Nc2cnnc(Nc3ccc(Br)c(C)c3)n2)cc1. The average Bonchev–Trinajstić information content (AvgIpc) is 2.59. The van der Waals surface area contributed by atoms with E-state index in [1.165, 1.54) is 0 Å². The van der Waals surface area contributed by atoms with Gasteiger partial charge < -0.3 is 15.4 Å². The van der Waals surface area contributed by atoms with E-state index in [1.807, 2.05) is 49.4 Å². The zero-order valence-electron chi connectivity index (χ0n) is 13.2. The quantitative estimate of drug-likeness (QED) is 0.676. The highest BCUT2D eigenvalue weighted by molar-refractivity contribution is 9.10. The number of rotatable bonds is 5. The summed E-state index contributed by atoms with van der Waals surface area (Å²) in [5, 5.41) is 14.3. The lowest BCUT2D eigenvalue weighted by atomic mass is 10.2. The maximum atomic E-state index is 5.14. The number of hydrogen-bond donors (Lipinski definition) is 2. The Morgan fingerprint density at radius 3 is 2.46 bits per heavy atom. The molecular weight excluding hydrogens is 370 g/mol. The summed E-state index contributed by atoms with van der Waals surface area (Å²) >= 11 is 3.48. The van der Waals surface area contributed by atoms with Gasteiger partial charge in [0, 0.05) is 15.8 Å². The van der Waals surface area contributed by atoms with Crippen molar-refractivity contribution < 1.29 is 4.74 Å². The Morgan fingerprint density at radius 1 is 1.00 bits per heavy atom. The van der Waals surface area contributed by atoms with Crippen LogP contribution in [0.15, 0.2) is 53.1 Å². The Balaban J connectivity index is 1.74. The summed E-state index contributed by atoms with van der Waals surface area (Å²) in [6.07, 6.45) is 1.57. The van der Waals surface area contributed by atoms with Gasteiger partial charge in [0.05, 0.1) is 13.3 Å². The highest BCUT2D eigenvalue weighted by Gasteiger charge is 2.04. The third-order valence-corrected chi connectivity index (χ3v) is 4.23. The van der Waals surface area contributed by atoms with Gasteiger partial charge in [-0.15, -0.1) is 5.10 Å². The molecule has 0 atom stereocenters. The normalized spacial score (nSPS) is 10.3. The second-order valence-corrected chi connectivity index (χ2v) is 5.96. The summed E-state index contributed by atoms with van der Waals surface area (Å²) in [5.74, 6) is 1.83. The van der Waals surface area contributed by atoms with Gasteiger partial charge in [0.15, 0.2) is 5.82 Å². The number of halogens is 1. The summed E-state index contributed by atoms with van der Waals surface area (Å²) in [7, 11) is 1.64. The van der Waals surface area contributed by atoms with Crippen LogP contribution in [-0.2, 0) is 0 Å². The van der Waals surface area contributed by atoms with Gasteiger partial charge in [-0.25, -0.2) is 0 Å². The zero-order valence-corrected chi connectivity index (χ0v) is 14.8. The van der Waals surface area contributed by atoms with Crippen LogP contribution in [0.3, 0.4) is 0 Å². The first kappa shape index (κ1) is 16.2. The van der Waals surface area contributed by atoms with Crippen LogP contribution in [0.1, 0.15) is 5.56 Å². The molecule has 2 N–H and O–H groups in total. The van der Waals surface area contributed by atoms with Crippen molar-refractivity contribution in [3.05, 3.63) is 58.7 Å². The molecule has 0 amide bonds. The Bertz CT molecular complexity index is 839. The van der Waals surface area contributed by atoms with Crippen LogP contribution in [0, 0.1) is 6.92 Å².